The van der Waals surface area contributed by atoms with Crippen molar-refractivity contribution in [2.24, 2.45) is 0 Å². The molecule has 1 aromatic heterocycles. The second kappa shape index (κ2) is 11.7. The van der Waals surface area contributed by atoms with Crippen molar-refractivity contribution in [3.8, 4) is 0 Å². The van der Waals surface area contributed by atoms with Crippen LogP contribution in [-0.2, 0) is 10.0 Å². The van der Waals surface area contributed by atoms with Gasteiger partial charge in [-0.1, -0.05) is 13.0 Å². The molecule has 3 aromatic rings. The average Bonchev–Trinajstić information content (AvgIpc) is 2.86. The maximum Gasteiger partial charge on any atom is 0.241 e. The Labute approximate surface area is 226 Å². The minimum Gasteiger partial charge on any atom is -0.369 e. The molecule has 4 rings (SSSR count). The lowest BCUT2D eigenvalue weighted by Gasteiger charge is -2.36. The molecule has 0 spiro atoms. The molecule has 3 N–H and O–H groups in total. The number of hydrogen-bond acceptors (Lipinski definition) is 8. The molecule has 0 radical (unpaired) electrons. The van der Waals surface area contributed by atoms with Gasteiger partial charge in [0.1, 0.15) is 5.82 Å². The molecule has 0 atom stereocenters. The van der Waals surface area contributed by atoms with Crippen LogP contribution in [0.3, 0.4) is 0 Å². The van der Waals surface area contributed by atoms with Crippen LogP contribution >= 0.6 is 0 Å². The van der Waals surface area contributed by atoms with Crippen LogP contribution in [0.1, 0.15) is 39.7 Å². The topological polar surface area (TPSA) is 102 Å². The van der Waals surface area contributed by atoms with Gasteiger partial charge in [0.25, 0.3) is 0 Å². The predicted molar refractivity (Wildman–Crippen MR) is 155 cm³/mol. The zero-order valence-corrected chi connectivity index (χ0v) is 23.8. The smallest absolute Gasteiger partial charge is 0.241 e. The molecular weight excluding hydrogens is 498 g/mol. The van der Waals surface area contributed by atoms with E-state index in [1.54, 1.807) is 24.4 Å². The molecular formula is C28H39N7O2S. The quantitative estimate of drug-likeness (QED) is 0.355. The number of sulfonamides is 1. The SMILES string of the molecule is CCCN1CCN(c2ccc(Nc3ncc(C)c(Nc4cccc(S(=O)(=O)NC(C)(C)C)c4)n3)cc2)CC1. The summed E-state index contributed by atoms with van der Waals surface area (Å²) in [5.74, 6) is 1.06. The fourth-order valence-electron chi connectivity index (χ4n) is 4.40. The number of benzene rings is 2. The Hall–Kier alpha value is -3.21. The Morgan fingerprint density at radius 1 is 0.947 bits per heavy atom. The molecule has 1 aliphatic rings. The molecule has 2 aromatic carbocycles. The molecule has 1 aliphatic heterocycles. The van der Waals surface area contributed by atoms with Crippen molar-refractivity contribution in [2.75, 3.05) is 48.3 Å². The van der Waals surface area contributed by atoms with Crippen LogP contribution in [0.4, 0.5) is 28.8 Å². The summed E-state index contributed by atoms with van der Waals surface area (Å²) < 4.78 is 28.2. The summed E-state index contributed by atoms with van der Waals surface area (Å²) in [6.07, 6.45) is 2.94. The third-order valence-corrected chi connectivity index (χ3v) is 7.98. The number of nitrogens with zero attached hydrogens (tertiary/aromatic N) is 4. The molecule has 1 saturated heterocycles. The van der Waals surface area contributed by atoms with E-state index < -0.39 is 15.6 Å². The summed E-state index contributed by atoms with van der Waals surface area (Å²) in [5.41, 5.74) is 3.00. The minimum absolute atomic E-state index is 0.189. The Kier molecular flexibility index (Phi) is 8.54. The fraction of sp³-hybridized carbons (Fsp3) is 0.429. The summed E-state index contributed by atoms with van der Waals surface area (Å²) in [7, 11) is -3.65. The monoisotopic (exact) mass is 537 g/mol. The molecule has 10 heteroatoms. The van der Waals surface area contributed by atoms with Gasteiger partial charge in [0.2, 0.25) is 16.0 Å². The number of aryl methyl sites for hydroxylation is 1. The molecule has 0 amide bonds. The van der Waals surface area contributed by atoms with Gasteiger partial charge in [-0.2, -0.15) is 4.98 Å². The Morgan fingerprint density at radius 2 is 1.66 bits per heavy atom. The van der Waals surface area contributed by atoms with Gasteiger partial charge in [-0.15, -0.1) is 0 Å². The number of nitrogens with one attached hydrogen (secondary N) is 3. The molecule has 38 heavy (non-hydrogen) atoms. The van der Waals surface area contributed by atoms with Gasteiger partial charge in [-0.05, 0) is 83.1 Å². The predicted octanol–water partition coefficient (Wildman–Crippen LogP) is 4.88. The van der Waals surface area contributed by atoms with E-state index in [9.17, 15) is 8.42 Å². The first-order chi connectivity index (χ1) is 18.0. The van der Waals surface area contributed by atoms with Crippen LogP contribution < -0.4 is 20.3 Å². The van der Waals surface area contributed by atoms with Crippen molar-refractivity contribution in [3.63, 3.8) is 0 Å². The lowest BCUT2D eigenvalue weighted by Crippen LogP contribution is -2.46. The van der Waals surface area contributed by atoms with E-state index in [1.165, 1.54) is 18.7 Å². The van der Waals surface area contributed by atoms with E-state index in [4.69, 9.17) is 0 Å². The van der Waals surface area contributed by atoms with E-state index in [0.29, 0.717) is 17.5 Å². The normalized spacial score (nSPS) is 14.9. The zero-order chi connectivity index (χ0) is 27.3. The number of hydrogen-bond donors (Lipinski definition) is 3. The maximum atomic E-state index is 12.8. The van der Waals surface area contributed by atoms with E-state index >= 15 is 0 Å². The molecule has 204 valence electrons. The summed E-state index contributed by atoms with van der Waals surface area (Å²) in [4.78, 5) is 14.2. The van der Waals surface area contributed by atoms with Gasteiger partial charge in [0.05, 0.1) is 4.90 Å². The maximum absolute atomic E-state index is 12.8. The highest BCUT2D eigenvalue weighted by Crippen LogP contribution is 2.25. The summed E-state index contributed by atoms with van der Waals surface area (Å²) >= 11 is 0. The van der Waals surface area contributed by atoms with E-state index in [-0.39, 0.29) is 4.90 Å². The van der Waals surface area contributed by atoms with Gasteiger partial charge in [0, 0.05) is 60.5 Å². The number of piperazine rings is 1. The lowest BCUT2D eigenvalue weighted by molar-refractivity contribution is 0.258. The highest BCUT2D eigenvalue weighted by molar-refractivity contribution is 7.89. The van der Waals surface area contributed by atoms with Gasteiger partial charge >= 0.3 is 0 Å². The number of aromatic nitrogens is 2. The second-order valence-electron chi connectivity index (χ2n) is 10.7. The van der Waals surface area contributed by atoms with Crippen LogP contribution in [0.15, 0.2) is 59.6 Å². The van der Waals surface area contributed by atoms with Crippen LogP contribution in [0, 0.1) is 6.92 Å². The summed E-state index contributed by atoms with van der Waals surface area (Å²) in [6.45, 7) is 15.0. The number of rotatable bonds is 9. The standard InChI is InChI=1S/C28H39N7O2S/c1-6-14-34-15-17-35(18-16-34)24-12-10-22(11-13-24)31-27-29-20-21(2)26(32-27)30-23-8-7-9-25(19-23)38(36,37)33-28(3,4)5/h7-13,19-20,33H,6,14-18H2,1-5H3,(H2,29,30,31,32). The Morgan fingerprint density at radius 3 is 2.32 bits per heavy atom. The highest BCUT2D eigenvalue weighted by Gasteiger charge is 2.22. The minimum atomic E-state index is -3.65. The summed E-state index contributed by atoms with van der Waals surface area (Å²) in [6, 6.07) is 15.0. The van der Waals surface area contributed by atoms with Crippen LogP contribution in [0.5, 0.6) is 0 Å². The van der Waals surface area contributed by atoms with Gasteiger partial charge in [-0.25, -0.2) is 18.1 Å². The molecule has 9 nitrogen and oxygen atoms in total. The third-order valence-electron chi connectivity index (χ3n) is 6.22. The van der Waals surface area contributed by atoms with E-state index in [1.807, 2.05) is 45.9 Å². The average molecular weight is 538 g/mol. The third kappa shape index (κ3) is 7.43. The molecule has 2 heterocycles. The molecule has 0 aliphatic carbocycles. The van der Waals surface area contributed by atoms with Crippen molar-refractivity contribution in [2.45, 2.75) is 51.5 Å². The largest absolute Gasteiger partial charge is 0.369 e. The Balaban J connectivity index is 1.43. The first kappa shape index (κ1) is 27.8. The molecule has 0 bridgehead atoms. The molecule has 0 unspecified atom stereocenters. The molecule has 0 saturated carbocycles. The van der Waals surface area contributed by atoms with Crippen molar-refractivity contribution in [1.29, 1.82) is 0 Å². The zero-order valence-electron chi connectivity index (χ0n) is 23.0. The van der Waals surface area contributed by atoms with Gasteiger partial charge < -0.3 is 15.5 Å². The lowest BCUT2D eigenvalue weighted by atomic mass is 10.1. The highest BCUT2D eigenvalue weighted by atomic mass is 32.2. The summed E-state index contributed by atoms with van der Waals surface area (Å²) in [5, 5.41) is 6.52. The van der Waals surface area contributed by atoms with Crippen molar-refractivity contribution in [1.82, 2.24) is 19.6 Å². The van der Waals surface area contributed by atoms with E-state index in [0.717, 1.165) is 37.4 Å². The van der Waals surface area contributed by atoms with Crippen molar-refractivity contribution >= 4 is 38.9 Å². The van der Waals surface area contributed by atoms with Crippen LogP contribution in [-0.4, -0.2) is 61.5 Å². The van der Waals surface area contributed by atoms with Crippen molar-refractivity contribution < 1.29 is 8.42 Å². The van der Waals surface area contributed by atoms with Crippen LogP contribution in [0.25, 0.3) is 0 Å². The molecule has 1 fully saturated rings. The fourth-order valence-corrected chi connectivity index (χ4v) is 5.86. The second-order valence-corrected chi connectivity index (χ2v) is 12.4. The van der Waals surface area contributed by atoms with Gasteiger partial charge in [0.15, 0.2) is 0 Å². The first-order valence-corrected chi connectivity index (χ1v) is 14.6. The van der Waals surface area contributed by atoms with Gasteiger partial charge in [-0.3, -0.25) is 4.90 Å². The van der Waals surface area contributed by atoms with E-state index in [2.05, 4.69) is 54.2 Å². The van der Waals surface area contributed by atoms with Crippen LogP contribution in [0.2, 0.25) is 0 Å². The van der Waals surface area contributed by atoms with Crippen molar-refractivity contribution in [3.05, 3.63) is 60.3 Å². The first-order valence-electron chi connectivity index (χ1n) is 13.1. The Bertz CT molecular complexity index is 1330. The number of anilines is 5.